The van der Waals surface area contributed by atoms with Crippen molar-refractivity contribution in [3.8, 4) is 0 Å². The number of nitrogens with one attached hydrogen (secondary N) is 1. The second-order valence-corrected chi connectivity index (χ2v) is 5.21. The quantitative estimate of drug-likeness (QED) is 0.506. The van der Waals surface area contributed by atoms with E-state index >= 15 is 0 Å². The standard InChI is InChI=1S/C14H15NO3S/c1-2-18-12(16)9-8-11-13(14(17)15-11)19-10-6-4-3-5-7-10/h3-9,11,13H,2H2,1H3,(H,15,17). The Labute approximate surface area is 116 Å². The fraction of sp³-hybridized carbons (Fsp3) is 0.286. The van der Waals surface area contributed by atoms with E-state index in [1.165, 1.54) is 17.8 Å². The maximum Gasteiger partial charge on any atom is 0.330 e. The lowest BCUT2D eigenvalue weighted by Crippen LogP contribution is -2.59. The maximum atomic E-state index is 11.5. The minimum atomic E-state index is -0.382. The molecule has 2 rings (SSSR count). The molecule has 1 heterocycles. The summed E-state index contributed by atoms with van der Waals surface area (Å²) in [6, 6.07) is 9.60. The molecule has 1 aromatic rings. The number of benzene rings is 1. The Hall–Kier alpha value is -1.75. The molecule has 0 spiro atoms. The molecule has 1 aliphatic rings. The predicted octanol–water partition coefficient (Wildman–Crippen LogP) is 1.76. The van der Waals surface area contributed by atoms with Crippen molar-refractivity contribution < 1.29 is 14.3 Å². The topological polar surface area (TPSA) is 55.4 Å². The third-order valence-electron chi connectivity index (χ3n) is 2.63. The van der Waals surface area contributed by atoms with Gasteiger partial charge < -0.3 is 10.1 Å². The van der Waals surface area contributed by atoms with Crippen molar-refractivity contribution in [2.75, 3.05) is 6.61 Å². The zero-order chi connectivity index (χ0) is 13.7. The van der Waals surface area contributed by atoms with Crippen LogP contribution in [-0.4, -0.2) is 29.8 Å². The molecule has 19 heavy (non-hydrogen) atoms. The predicted molar refractivity (Wildman–Crippen MR) is 73.8 cm³/mol. The molecule has 1 aliphatic heterocycles. The summed E-state index contributed by atoms with van der Waals surface area (Å²) in [6.07, 6.45) is 3.05. The Balaban J connectivity index is 1.93. The Morgan fingerprint density at radius 2 is 2.16 bits per heavy atom. The number of β-lactam (4-membered cyclic amide) rings is 1. The second-order valence-electron chi connectivity index (χ2n) is 4.00. The van der Waals surface area contributed by atoms with Crippen LogP contribution < -0.4 is 5.32 Å². The van der Waals surface area contributed by atoms with Gasteiger partial charge in [-0.3, -0.25) is 4.79 Å². The van der Waals surface area contributed by atoms with Crippen molar-refractivity contribution >= 4 is 23.6 Å². The number of carbonyl (C=O) groups excluding carboxylic acids is 2. The van der Waals surface area contributed by atoms with Crippen molar-refractivity contribution in [3.63, 3.8) is 0 Å². The number of hydrogen-bond acceptors (Lipinski definition) is 4. The Morgan fingerprint density at radius 3 is 2.79 bits per heavy atom. The van der Waals surface area contributed by atoms with E-state index < -0.39 is 0 Å². The van der Waals surface area contributed by atoms with Crippen LogP contribution in [0.5, 0.6) is 0 Å². The normalized spacial score (nSPS) is 21.8. The van der Waals surface area contributed by atoms with E-state index in [1.807, 2.05) is 30.3 Å². The van der Waals surface area contributed by atoms with Gasteiger partial charge in [0.15, 0.2) is 0 Å². The van der Waals surface area contributed by atoms with Gasteiger partial charge in [-0.1, -0.05) is 24.3 Å². The first-order valence-electron chi connectivity index (χ1n) is 6.07. The van der Waals surface area contributed by atoms with Gasteiger partial charge in [-0.05, 0) is 19.1 Å². The molecule has 1 N–H and O–H groups in total. The van der Waals surface area contributed by atoms with Crippen molar-refractivity contribution in [1.82, 2.24) is 5.32 Å². The van der Waals surface area contributed by atoms with Gasteiger partial charge in [-0.2, -0.15) is 0 Å². The summed E-state index contributed by atoms with van der Waals surface area (Å²) in [5.74, 6) is -0.389. The first-order chi connectivity index (χ1) is 9.20. The van der Waals surface area contributed by atoms with Gasteiger partial charge in [0, 0.05) is 11.0 Å². The Bertz CT molecular complexity index is 487. The molecule has 1 aromatic carbocycles. The first-order valence-corrected chi connectivity index (χ1v) is 6.95. The molecule has 1 amide bonds. The smallest absolute Gasteiger partial charge is 0.330 e. The van der Waals surface area contributed by atoms with Gasteiger partial charge in [0.05, 0.1) is 12.6 Å². The average molecular weight is 277 g/mol. The average Bonchev–Trinajstić information content (AvgIpc) is 2.42. The van der Waals surface area contributed by atoms with Crippen molar-refractivity contribution in [2.45, 2.75) is 23.1 Å². The summed E-state index contributed by atoms with van der Waals surface area (Å²) in [7, 11) is 0. The molecule has 1 saturated heterocycles. The number of esters is 1. The third kappa shape index (κ3) is 3.61. The highest BCUT2D eigenvalue weighted by Gasteiger charge is 2.38. The second kappa shape index (κ2) is 6.43. The molecule has 0 aromatic heterocycles. The van der Waals surface area contributed by atoms with Gasteiger partial charge in [0.1, 0.15) is 5.25 Å². The van der Waals surface area contributed by atoms with E-state index in [2.05, 4.69) is 5.32 Å². The van der Waals surface area contributed by atoms with Crippen LogP contribution in [0.25, 0.3) is 0 Å². The number of amides is 1. The fourth-order valence-corrected chi connectivity index (χ4v) is 2.77. The molecule has 1 fully saturated rings. The summed E-state index contributed by atoms with van der Waals surface area (Å²) in [4.78, 5) is 23.8. The molecule has 5 heteroatoms. The van der Waals surface area contributed by atoms with Crippen LogP contribution in [0.4, 0.5) is 0 Å². The summed E-state index contributed by atoms with van der Waals surface area (Å²) >= 11 is 1.50. The first kappa shape index (κ1) is 13.7. The largest absolute Gasteiger partial charge is 0.463 e. The molecular formula is C14H15NO3S. The van der Waals surface area contributed by atoms with Crippen LogP contribution in [-0.2, 0) is 14.3 Å². The summed E-state index contributed by atoms with van der Waals surface area (Å²) in [6.45, 7) is 2.10. The highest BCUT2D eigenvalue weighted by Crippen LogP contribution is 2.30. The van der Waals surface area contributed by atoms with Gasteiger partial charge in [-0.25, -0.2) is 4.79 Å². The highest BCUT2D eigenvalue weighted by molar-refractivity contribution is 8.00. The lowest BCUT2D eigenvalue weighted by molar-refractivity contribution is -0.137. The van der Waals surface area contributed by atoms with E-state index in [1.54, 1.807) is 13.0 Å². The van der Waals surface area contributed by atoms with Crippen LogP contribution >= 0.6 is 11.8 Å². The molecule has 0 aliphatic carbocycles. The zero-order valence-corrected chi connectivity index (χ0v) is 11.4. The number of hydrogen-bond donors (Lipinski definition) is 1. The highest BCUT2D eigenvalue weighted by atomic mass is 32.2. The molecule has 100 valence electrons. The minimum absolute atomic E-state index is 0.00707. The number of carbonyl (C=O) groups is 2. The van der Waals surface area contributed by atoms with Gasteiger partial charge >= 0.3 is 5.97 Å². The zero-order valence-electron chi connectivity index (χ0n) is 10.5. The van der Waals surface area contributed by atoms with E-state index in [0.717, 1.165) is 4.90 Å². The maximum absolute atomic E-state index is 11.5. The lowest BCUT2D eigenvalue weighted by atomic mass is 10.1. The Morgan fingerprint density at radius 1 is 1.42 bits per heavy atom. The molecule has 0 bridgehead atoms. The molecular weight excluding hydrogens is 262 g/mol. The molecule has 0 radical (unpaired) electrons. The Kier molecular flexibility index (Phi) is 4.63. The molecule has 0 saturated carbocycles. The number of ether oxygens (including phenoxy) is 1. The van der Waals surface area contributed by atoms with E-state index in [0.29, 0.717) is 6.61 Å². The van der Waals surface area contributed by atoms with E-state index in [4.69, 9.17) is 4.74 Å². The SMILES string of the molecule is CCOC(=O)C=CC1NC(=O)C1Sc1ccccc1. The van der Waals surface area contributed by atoms with Gasteiger partial charge in [-0.15, -0.1) is 11.8 Å². The monoisotopic (exact) mass is 277 g/mol. The lowest BCUT2D eigenvalue weighted by Gasteiger charge is -2.34. The molecule has 2 unspecified atom stereocenters. The van der Waals surface area contributed by atoms with Crippen molar-refractivity contribution in [2.24, 2.45) is 0 Å². The summed E-state index contributed by atoms with van der Waals surface area (Å²) in [5.41, 5.74) is 0. The van der Waals surface area contributed by atoms with Crippen LogP contribution in [0.3, 0.4) is 0 Å². The van der Waals surface area contributed by atoms with Crippen molar-refractivity contribution in [1.29, 1.82) is 0 Å². The van der Waals surface area contributed by atoms with E-state index in [-0.39, 0.29) is 23.2 Å². The third-order valence-corrected chi connectivity index (χ3v) is 3.93. The van der Waals surface area contributed by atoms with Crippen LogP contribution in [0.15, 0.2) is 47.4 Å². The van der Waals surface area contributed by atoms with Crippen LogP contribution in [0.1, 0.15) is 6.92 Å². The summed E-state index contributed by atoms with van der Waals surface area (Å²) in [5, 5.41) is 2.57. The van der Waals surface area contributed by atoms with Crippen LogP contribution in [0.2, 0.25) is 0 Å². The van der Waals surface area contributed by atoms with E-state index in [9.17, 15) is 9.59 Å². The fourth-order valence-electron chi connectivity index (χ4n) is 1.68. The number of thioether (sulfide) groups is 1. The van der Waals surface area contributed by atoms with Crippen LogP contribution in [0, 0.1) is 0 Å². The minimum Gasteiger partial charge on any atom is -0.463 e. The molecule has 4 nitrogen and oxygen atoms in total. The summed E-state index contributed by atoms with van der Waals surface area (Å²) < 4.78 is 4.80. The number of rotatable bonds is 5. The molecule has 2 atom stereocenters. The van der Waals surface area contributed by atoms with Gasteiger partial charge in [0.25, 0.3) is 0 Å². The van der Waals surface area contributed by atoms with Crippen molar-refractivity contribution in [3.05, 3.63) is 42.5 Å². The van der Waals surface area contributed by atoms with Gasteiger partial charge in [0.2, 0.25) is 5.91 Å².